The summed E-state index contributed by atoms with van der Waals surface area (Å²) in [5, 5.41) is 12.7. The quantitative estimate of drug-likeness (QED) is 0.790. The maximum atomic E-state index is 13.3. The van der Waals surface area contributed by atoms with Crippen LogP contribution in [0, 0.1) is 11.2 Å². The first-order chi connectivity index (χ1) is 10.7. The summed E-state index contributed by atoms with van der Waals surface area (Å²) in [6, 6.07) is 5.10. The molecule has 0 spiro atoms. The van der Waals surface area contributed by atoms with Gasteiger partial charge < -0.3 is 15.4 Å². The molecular formula is C17H21FN2O3. The number of hydrogen-bond acceptors (Lipinski definition) is 3. The Morgan fingerprint density at radius 3 is 2.74 bits per heavy atom. The lowest BCUT2D eigenvalue weighted by Crippen LogP contribution is -2.36. The summed E-state index contributed by atoms with van der Waals surface area (Å²) < 4.78 is 13.3. The van der Waals surface area contributed by atoms with Crippen LogP contribution in [0.25, 0.3) is 10.9 Å². The molecule has 1 atom stereocenters. The molecule has 1 aromatic heterocycles. The van der Waals surface area contributed by atoms with Crippen LogP contribution in [0.1, 0.15) is 37.6 Å². The summed E-state index contributed by atoms with van der Waals surface area (Å²) in [7, 11) is 0. The number of fused-ring (bicyclic) bond motifs is 1. The second-order valence-corrected chi connectivity index (χ2v) is 6.64. The first-order valence-corrected chi connectivity index (χ1v) is 7.47. The van der Waals surface area contributed by atoms with Crippen molar-refractivity contribution in [1.82, 2.24) is 10.3 Å². The number of halogens is 1. The van der Waals surface area contributed by atoms with Gasteiger partial charge in [0.15, 0.2) is 0 Å². The van der Waals surface area contributed by atoms with E-state index in [2.05, 4.69) is 10.3 Å². The van der Waals surface area contributed by atoms with Crippen molar-refractivity contribution < 1.29 is 14.3 Å². The normalized spacial score (nSPS) is 13.1. The Balaban J connectivity index is 2.26. The van der Waals surface area contributed by atoms with Crippen molar-refractivity contribution in [1.29, 1.82) is 0 Å². The topological polar surface area (TPSA) is 82.2 Å². The predicted octanol–water partition coefficient (Wildman–Crippen LogP) is 2.19. The number of H-pyrrole nitrogens is 1. The van der Waals surface area contributed by atoms with Gasteiger partial charge in [-0.1, -0.05) is 13.8 Å². The highest BCUT2D eigenvalue weighted by Crippen LogP contribution is 2.22. The van der Waals surface area contributed by atoms with E-state index in [0.29, 0.717) is 18.4 Å². The van der Waals surface area contributed by atoms with Gasteiger partial charge >= 0.3 is 0 Å². The average molecular weight is 320 g/mol. The Morgan fingerprint density at radius 2 is 2.09 bits per heavy atom. The number of carbonyl (C=O) groups excluding carboxylic acids is 1. The zero-order chi connectivity index (χ0) is 17.2. The Kier molecular flexibility index (Phi) is 4.85. The minimum Gasteiger partial charge on any atom is -0.393 e. The molecule has 1 amide bonds. The zero-order valence-electron chi connectivity index (χ0n) is 13.4. The molecule has 1 aromatic carbocycles. The fraction of sp³-hybridized carbons (Fsp3) is 0.412. The van der Waals surface area contributed by atoms with E-state index in [1.807, 2.05) is 13.8 Å². The summed E-state index contributed by atoms with van der Waals surface area (Å²) in [5.41, 5.74) is -0.258. The average Bonchev–Trinajstić information content (AvgIpc) is 2.42. The van der Waals surface area contributed by atoms with Crippen LogP contribution in [-0.4, -0.2) is 28.6 Å². The van der Waals surface area contributed by atoms with Gasteiger partial charge in [0.1, 0.15) is 5.82 Å². The van der Waals surface area contributed by atoms with Crippen molar-refractivity contribution in [2.75, 3.05) is 6.54 Å². The highest BCUT2D eigenvalue weighted by Gasteiger charge is 2.22. The van der Waals surface area contributed by atoms with E-state index >= 15 is 0 Å². The van der Waals surface area contributed by atoms with E-state index in [-0.39, 0.29) is 16.5 Å². The summed E-state index contributed by atoms with van der Waals surface area (Å²) in [6.45, 7) is 5.92. The van der Waals surface area contributed by atoms with Crippen LogP contribution in [0.4, 0.5) is 4.39 Å². The van der Waals surface area contributed by atoms with E-state index < -0.39 is 23.4 Å². The summed E-state index contributed by atoms with van der Waals surface area (Å²) in [5.74, 6) is -0.879. The number of nitrogens with one attached hydrogen (secondary N) is 2. The van der Waals surface area contributed by atoms with E-state index in [0.717, 1.165) is 0 Å². The van der Waals surface area contributed by atoms with Crippen LogP contribution >= 0.6 is 0 Å². The van der Waals surface area contributed by atoms with Crippen molar-refractivity contribution in [2.45, 2.75) is 33.3 Å². The number of pyridine rings is 1. The van der Waals surface area contributed by atoms with E-state index in [9.17, 15) is 19.1 Å². The second-order valence-electron chi connectivity index (χ2n) is 6.64. The number of benzene rings is 1. The number of rotatable bonds is 5. The van der Waals surface area contributed by atoms with Crippen LogP contribution in [0.5, 0.6) is 0 Å². The molecule has 1 unspecified atom stereocenters. The molecule has 0 aliphatic carbocycles. The van der Waals surface area contributed by atoms with Crippen LogP contribution in [-0.2, 0) is 0 Å². The standard InChI is InChI=1S/C17H21FN2O3/c1-10(21)8-17(2,3)9-19-16(23)13-7-15(22)20-14-6-11(18)4-5-12(13)14/h4-7,10,21H,8-9H2,1-3H3,(H,19,23)(H,20,22). The lowest BCUT2D eigenvalue weighted by molar-refractivity contribution is 0.0903. The molecule has 23 heavy (non-hydrogen) atoms. The van der Waals surface area contributed by atoms with E-state index in [1.165, 1.54) is 24.3 Å². The van der Waals surface area contributed by atoms with Crippen LogP contribution in [0.2, 0.25) is 0 Å². The molecule has 3 N–H and O–H groups in total. The highest BCUT2D eigenvalue weighted by atomic mass is 19.1. The fourth-order valence-corrected chi connectivity index (χ4v) is 2.71. The van der Waals surface area contributed by atoms with Gasteiger partial charge in [-0.15, -0.1) is 0 Å². The first kappa shape index (κ1) is 17.1. The van der Waals surface area contributed by atoms with Crippen molar-refractivity contribution in [3.05, 3.63) is 46.0 Å². The molecule has 0 saturated carbocycles. The predicted molar refractivity (Wildman–Crippen MR) is 86.9 cm³/mol. The number of carbonyl (C=O) groups is 1. The number of aliphatic hydroxyl groups excluding tert-OH is 1. The number of aromatic amines is 1. The minimum atomic E-state index is -0.483. The van der Waals surface area contributed by atoms with Gasteiger partial charge in [-0.05, 0) is 37.0 Å². The van der Waals surface area contributed by atoms with Gasteiger partial charge in [-0.2, -0.15) is 0 Å². The van der Waals surface area contributed by atoms with Crippen molar-refractivity contribution in [3.63, 3.8) is 0 Å². The molecule has 2 rings (SSSR count). The molecular weight excluding hydrogens is 299 g/mol. The van der Waals surface area contributed by atoms with E-state index in [4.69, 9.17) is 0 Å². The number of aromatic nitrogens is 1. The van der Waals surface area contributed by atoms with Crippen molar-refractivity contribution >= 4 is 16.8 Å². The van der Waals surface area contributed by atoms with Gasteiger partial charge in [-0.3, -0.25) is 9.59 Å². The van der Waals surface area contributed by atoms with Gasteiger partial charge in [-0.25, -0.2) is 4.39 Å². The molecule has 0 aliphatic heterocycles. The summed E-state index contributed by atoms with van der Waals surface area (Å²) in [6.07, 6.45) is 0.0690. The van der Waals surface area contributed by atoms with Gasteiger partial charge in [0.2, 0.25) is 5.56 Å². The third kappa shape index (κ3) is 4.39. The Morgan fingerprint density at radius 1 is 1.39 bits per heavy atom. The number of hydrogen-bond donors (Lipinski definition) is 3. The molecule has 5 nitrogen and oxygen atoms in total. The molecule has 6 heteroatoms. The Hall–Kier alpha value is -2.21. The Labute approximate surface area is 133 Å². The lowest BCUT2D eigenvalue weighted by Gasteiger charge is -2.26. The summed E-state index contributed by atoms with van der Waals surface area (Å²) in [4.78, 5) is 26.6. The molecule has 2 aromatic rings. The molecule has 0 bridgehead atoms. The third-order valence-electron chi connectivity index (χ3n) is 3.63. The SMILES string of the molecule is CC(O)CC(C)(C)CNC(=O)c1cc(=O)[nH]c2cc(F)ccc12. The highest BCUT2D eigenvalue weighted by molar-refractivity contribution is 6.05. The monoisotopic (exact) mass is 320 g/mol. The third-order valence-corrected chi connectivity index (χ3v) is 3.63. The summed E-state index contributed by atoms with van der Waals surface area (Å²) >= 11 is 0. The van der Waals surface area contributed by atoms with E-state index in [1.54, 1.807) is 6.92 Å². The van der Waals surface area contributed by atoms with Crippen LogP contribution < -0.4 is 10.9 Å². The van der Waals surface area contributed by atoms with Crippen LogP contribution in [0.3, 0.4) is 0 Å². The van der Waals surface area contributed by atoms with Crippen molar-refractivity contribution in [2.24, 2.45) is 5.41 Å². The zero-order valence-corrected chi connectivity index (χ0v) is 13.4. The molecule has 0 aliphatic rings. The Bertz CT molecular complexity index is 781. The second kappa shape index (κ2) is 6.50. The van der Waals surface area contributed by atoms with Crippen LogP contribution in [0.15, 0.2) is 29.1 Å². The maximum Gasteiger partial charge on any atom is 0.252 e. The lowest BCUT2D eigenvalue weighted by atomic mass is 9.87. The molecule has 0 radical (unpaired) electrons. The minimum absolute atomic E-state index is 0.205. The smallest absolute Gasteiger partial charge is 0.252 e. The molecule has 1 heterocycles. The largest absolute Gasteiger partial charge is 0.393 e. The van der Waals surface area contributed by atoms with Gasteiger partial charge in [0.05, 0.1) is 17.2 Å². The maximum absolute atomic E-state index is 13.3. The first-order valence-electron chi connectivity index (χ1n) is 7.47. The van der Waals surface area contributed by atoms with Gasteiger partial charge in [0.25, 0.3) is 5.91 Å². The number of amides is 1. The molecule has 0 saturated heterocycles. The number of aliphatic hydroxyl groups is 1. The fourth-order valence-electron chi connectivity index (χ4n) is 2.71. The van der Waals surface area contributed by atoms with Gasteiger partial charge in [0, 0.05) is 18.0 Å². The molecule has 0 fully saturated rings. The molecule has 124 valence electrons. The van der Waals surface area contributed by atoms with Crippen molar-refractivity contribution in [3.8, 4) is 0 Å².